The van der Waals surface area contributed by atoms with Gasteiger partial charge in [0.25, 0.3) is 10.1 Å². The average molecular weight is 339 g/mol. The molecule has 0 radical (unpaired) electrons. The highest BCUT2D eigenvalue weighted by molar-refractivity contribution is 7.85. The van der Waals surface area contributed by atoms with Crippen molar-refractivity contribution in [1.82, 2.24) is 4.90 Å². The van der Waals surface area contributed by atoms with Gasteiger partial charge >= 0.3 is 0 Å². The minimum atomic E-state index is -4.15. The lowest BCUT2D eigenvalue weighted by Gasteiger charge is -2.45. The van der Waals surface area contributed by atoms with Crippen molar-refractivity contribution in [3.05, 3.63) is 28.8 Å². The molecule has 128 valence electrons. The summed E-state index contributed by atoms with van der Waals surface area (Å²) in [5, 5.41) is 10.1. The minimum absolute atomic E-state index is 0.0268. The van der Waals surface area contributed by atoms with Gasteiger partial charge in [0, 0.05) is 11.6 Å². The molecule has 0 unspecified atom stereocenters. The number of nitrogens with zero attached hydrogens (tertiary/aromatic N) is 1. The largest absolute Gasteiger partial charge is 0.508 e. The Kier molecular flexibility index (Phi) is 4.67. The number of likely N-dealkylation sites (tertiary alicyclic amines) is 1. The number of fused-ring (bicyclic) bond motifs is 2. The number of aromatic hydroxyl groups is 1. The number of hydrogen-bond donors (Lipinski definition) is 2. The van der Waals surface area contributed by atoms with Crippen LogP contribution in [0.1, 0.15) is 42.9 Å². The predicted octanol–water partition coefficient (Wildman–Crippen LogP) is 2.37. The van der Waals surface area contributed by atoms with Crippen molar-refractivity contribution in [2.75, 3.05) is 13.1 Å². The molecule has 23 heavy (non-hydrogen) atoms. The molecule has 1 aromatic carbocycles. The van der Waals surface area contributed by atoms with Gasteiger partial charge in [-0.15, -0.1) is 0 Å². The van der Waals surface area contributed by atoms with Crippen LogP contribution in [0.3, 0.4) is 0 Å². The maximum absolute atomic E-state index is 11.3. The third kappa shape index (κ3) is 3.54. The summed E-state index contributed by atoms with van der Waals surface area (Å²) in [5.41, 5.74) is 2.43. The van der Waals surface area contributed by atoms with Crippen LogP contribution in [0.15, 0.2) is 12.1 Å². The first-order valence-corrected chi connectivity index (χ1v) is 10.0. The lowest BCUT2D eigenvalue weighted by Crippen LogP contribution is -2.49. The van der Waals surface area contributed by atoms with E-state index in [1.165, 1.54) is 6.42 Å². The van der Waals surface area contributed by atoms with Crippen LogP contribution >= 0.6 is 0 Å². The Morgan fingerprint density at radius 1 is 1.30 bits per heavy atom. The van der Waals surface area contributed by atoms with Gasteiger partial charge in [0.2, 0.25) is 0 Å². The number of hydrogen-bond acceptors (Lipinski definition) is 4. The van der Waals surface area contributed by atoms with Crippen molar-refractivity contribution >= 4 is 10.1 Å². The Bertz CT molecular complexity index is 684. The van der Waals surface area contributed by atoms with Crippen molar-refractivity contribution in [2.24, 2.45) is 5.92 Å². The second-order valence-electron chi connectivity index (χ2n) is 6.84. The summed E-state index contributed by atoms with van der Waals surface area (Å²) in [7, 11) is -4.15. The Hall–Kier alpha value is -1.11. The van der Waals surface area contributed by atoms with Crippen molar-refractivity contribution in [3.8, 4) is 5.75 Å². The summed E-state index contributed by atoms with van der Waals surface area (Å²) in [6.45, 7) is 4.44. The van der Waals surface area contributed by atoms with Crippen LogP contribution in [0, 0.1) is 5.92 Å². The first-order valence-electron chi connectivity index (χ1n) is 8.41. The van der Waals surface area contributed by atoms with E-state index in [2.05, 4.69) is 11.8 Å². The number of rotatable bonds is 4. The van der Waals surface area contributed by atoms with Gasteiger partial charge in [-0.05, 0) is 68.3 Å². The second-order valence-corrected chi connectivity index (χ2v) is 8.29. The van der Waals surface area contributed by atoms with E-state index in [-0.39, 0.29) is 5.75 Å². The zero-order valence-corrected chi connectivity index (χ0v) is 14.3. The monoisotopic (exact) mass is 339 g/mol. The van der Waals surface area contributed by atoms with E-state index < -0.39 is 15.9 Å². The SMILES string of the molecule is CCCN1CCC[C@@H]2Cc3c(ccc(O)c3CS(=O)(=O)O)C[C@H]21. The van der Waals surface area contributed by atoms with Crippen molar-refractivity contribution in [1.29, 1.82) is 0 Å². The molecule has 0 aromatic heterocycles. The van der Waals surface area contributed by atoms with Gasteiger partial charge in [-0.3, -0.25) is 9.45 Å². The highest BCUT2D eigenvalue weighted by Crippen LogP contribution is 2.39. The highest BCUT2D eigenvalue weighted by Gasteiger charge is 2.36. The topological polar surface area (TPSA) is 77.8 Å². The standard InChI is InChI=1S/C17H25NO4S/c1-2-7-18-8-3-4-13-9-14-12(10-16(13)18)5-6-17(19)15(14)11-23(20,21)22/h5-6,13,16,19H,2-4,7-11H2,1H3,(H,20,21,22)/t13-,16-/m1/s1. The van der Waals surface area contributed by atoms with Gasteiger partial charge in [-0.25, -0.2) is 0 Å². The fraction of sp³-hybridized carbons (Fsp3) is 0.647. The van der Waals surface area contributed by atoms with Crippen molar-refractivity contribution in [2.45, 2.75) is 50.8 Å². The molecular weight excluding hydrogens is 314 g/mol. The fourth-order valence-corrected chi connectivity index (χ4v) is 5.00. The van der Waals surface area contributed by atoms with Crippen LogP contribution in [0.4, 0.5) is 0 Å². The molecule has 0 bridgehead atoms. The predicted molar refractivity (Wildman–Crippen MR) is 89.1 cm³/mol. The maximum Gasteiger partial charge on any atom is 0.269 e. The molecule has 1 aliphatic heterocycles. The van der Waals surface area contributed by atoms with E-state index in [1.807, 2.05) is 6.07 Å². The molecule has 1 aliphatic carbocycles. The van der Waals surface area contributed by atoms with Crippen LogP contribution in [-0.2, 0) is 28.7 Å². The van der Waals surface area contributed by atoms with Gasteiger partial charge in [0.15, 0.2) is 0 Å². The Morgan fingerprint density at radius 2 is 2.09 bits per heavy atom. The number of phenolic OH excluding ortho intramolecular Hbond substituents is 1. The van der Waals surface area contributed by atoms with Crippen molar-refractivity contribution in [3.63, 3.8) is 0 Å². The van der Waals surface area contributed by atoms with Crippen molar-refractivity contribution < 1.29 is 18.1 Å². The van der Waals surface area contributed by atoms with E-state index in [0.29, 0.717) is 17.5 Å². The third-order valence-corrected chi connectivity index (χ3v) is 5.92. The molecule has 2 atom stereocenters. The first-order chi connectivity index (χ1) is 10.9. The zero-order chi connectivity index (χ0) is 16.6. The molecule has 0 saturated carbocycles. The molecule has 1 saturated heterocycles. The van der Waals surface area contributed by atoms with Gasteiger partial charge in [0.05, 0.1) is 0 Å². The number of piperidine rings is 1. The summed E-state index contributed by atoms with van der Waals surface area (Å²) in [6, 6.07) is 3.99. The van der Waals surface area contributed by atoms with Crippen LogP contribution in [0.5, 0.6) is 5.75 Å². The third-order valence-electron chi connectivity index (χ3n) is 5.27. The smallest absolute Gasteiger partial charge is 0.269 e. The highest BCUT2D eigenvalue weighted by atomic mass is 32.2. The molecule has 1 fully saturated rings. The van der Waals surface area contributed by atoms with Crippen LogP contribution in [0.2, 0.25) is 0 Å². The van der Waals surface area contributed by atoms with E-state index in [4.69, 9.17) is 0 Å². The summed E-state index contributed by atoms with van der Waals surface area (Å²) >= 11 is 0. The molecule has 1 heterocycles. The van der Waals surface area contributed by atoms with Crippen LogP contribution in [0.25, 0.3) is 0 Å². The van der Waals surface area contributed by atoms with E-state index >= 15 is 0 Å². The second kappa shape index (κ2) is 6.42. The molecule has 2 N–H and O–H groups in total. The van der Waals surface area contributed by atoms with Crippen LogP contribution in [-0.4, -0.2) is 42.1 Å². The number of benzene rings is 1. The average Bonchev–Trinajstić information content (AvgIpc) is 2.48. The summed E-state index contributed by atoms with van der Waals surface area (Å²) < 4.78 is 31.8. The normalized spacial score (nSPS) is 25.0. The molecule has 3 rings (SSSR count). The lowest BCUT2D eigenvalue weighted by atomic mass is 9.74. The molecule has 0 spiro atoms. The van der Waals surface area contributed by atoms with E-state index in [0.717, 1.165) is 49.9 Å². The van der Waals surface area contributed by atoms with Gasteiger partial charge in [-0.2, -0.15) is 8.42 Å². The first kappa shape index (κ1) is 16.7. The zero-order valence-electron chi connectivity index (χ0n) is 13.5. The van der Waals surface area contributed by atoms with E-state index in [9.17, 15) is 18.1 Å². The minimum Gasteiger partial charge on any atom is -0.508 e. The molecule has 1 aromatic rings. The Balaban J connectivity index is 1.95. The summed E-state index contributed by atoms with van der Waals surface area (Å²) in [6.07, 6.45) is 5.14. The van der Waals surface area contributed by atoms with Gasteiger partial charge < -0.3 is 5.11 Å². The fourth-order valence-electron chi connectivity index (χ4n) is 4.32. The Morgan fingerprint density at radius 3 is 2.78 bits per heavy atom. The van der Waals surface area contributed by atoms with Gasteiger partial charge in [0.1, 0.15) is 11.5 Å². The summed E-state index contributed by atoms with van der Waals surface area (Å²) in [5.74, 6) is -0.0243. The van der Waals surface area contributed by atoms with E-state index in [1.54, 1.807) is 6.07 Å². The van der Waals surface area contributed by atoms with Crippen LogP contribution < -0.4 is 0 Å². The lowest BCUT2D eigenvalue weighted by molar-refractivity contribution is 0.0853. The molecule has 5 nitrogen and oxygen atoms in total. The molecule has 0 amide bonds. The summed E-state index contributed by atoms with van der Waals surface area (Å²) in [4.78, 5) is 2.56. The van der Waals surface area contributed by atoms with Gasteiger partial charge in [-0.1, -0.05) is 13.0 Å². The number of phenols is 1. The quantitative estimate of drug-likeness (QED) is 0.824. The molecule has 6 heteroatoms. The molecular formula is C17H25NO4S. The maximum atomic E-state index is 11.3. The Labute approximate surface area is 138 Å². The molecule has 2 aliphatic rings.